The number of phenolic OH excluding ortho intramolecular Hbond substituents is 1. The van der Waals surface area contributed by atoms with Gasteiger partial charge < -0.3 is 5.11 Å². The first kappa shape index (κ1) is 16.9. The molecule has 0 aliphatic heterocycles. The fourth-order valence-electron chi connectivity index (χ4n) is 2.12. The fraction of sp³-hybridized carbons (Fsp3) is 0.133. The summed E-state index contributed by atoms with van der Waals surface area (Å²) in [6, 6.07) is 6.66. The molecular weight excluding hydrogens is 316 g/mol. The number of nitro benzene ring substituents is 2. The summed E-state index contributed by atoms with van der Waals surface area (Å²) in [6.07, 6.45) is 1.44. The molecule has 0 radical (unpaired) electrons. The van der Waals surface area contributed by atoms with Crippen LogP contribution in [0.2, 0.25) is 0 Å². The van der Waals surface area contributed by atoms with Gasteiger partial charge in [-0.25, -0.2) is 0 Å². The number of anilines is 1. The minimum atomic E-state index is -0.723. The van der Waals surface area contributed by atoms with Crippen LogP contribution in [0.1, 0.15) is 16.7 Å². The van der Waals surface area contributed by atoms with Gasteiger partial charge >= 0.3 is 5.69 Å². The zero-order valence-electron chi connectivity index (χ0n) is 12.9. The molecule has 0 spiro atoms. The average Bonchev–Trinajstić information content (AvgIpc) is 2.52. The van der Waals surface area contributed by atoms with Crippen LogP contribution in [0.3, 0.4) is 0 Å². The van der Waals surface area contributed by atoms with Crippen LogP contribution in [0.4, 0.5) is 17.1 Å². The van der Waals surface area contributed by atoms with Gasteiger partial charge in [-0.2, -0.15) is 5.10 Å². The third-order valence-electron chi connectivity index (χ3n) is 3.30. The van der Waals surface area contributed by atoms with E-state index in [9.17, 15) is 25.3 Å². The van der Waals surface area contributed by atoms with E-state index in [1.165, 1.54) is 12.3 Å². The number of rotatable bonds is 5. The molecule has 24 heavy (non-hydrogen) atoms. The molecule has 2 rings (SSSR count). The smallest absolute Gasteiger partial charge is 0.301 e. The van der Waals surface area contributed by atoms with Gasteiger partial charge in [-0.1, -0.05) is 0 Å². The van der Waals surface area contributed by atoms with Crippen LogP contribution in [0.5, 0.6) is 5.75 Å². The highest BCUT2D eigenvalue weighted by Crippen LogP contribution is 2.29. The van der Waals surface area contributed by atoms with Gasteiger partial charge in [0.25, 0.3) is 5.69 Å². The van der Waals surface area contributed by atoms with E-state index in [1.807, 2.05) is 0 Å². The number of benzene rings is 2. The van der Waals surface area contributed by atoms with Crippen LogP contribution >= 0.6 is 0 Å². The molecule has 2 N–H and O–H groups in total. The Labute approximate surface area is 136 Å². The van der Waals surface area contributed by atoms with Crippen molar-refractivity contribution in [2.75, 3.05) is 5.43 Å². The van der Waals surface area contributed by atoms with E-state index in [0.29, 0.717) is 16.7 Å². The molecule has 0 aliphatic rings. The van der Waals surface area contributed by atoms with Crippen molar-refractivity contribution in [3.8, 4) is 5.75 Å². The molecule has 124 valence electrons. The quantitative estimate of drug-likeness (QED) is 0.491. The maximum atomic E-state index is 11.0. The van der Waals surface area contributed by atoms with E-state index in [0.717, 1.165) is 12.1 Å². The Kier molecular flexibility index (Phi) is 4.73. The van der Waals surface area contributed by atoms with Gasteiger partial charge in [-0.05, 0) is 48.7 Å². The van der Waals surface area contributed by atoms with Crippen molar-refractivity contribution in [2.45, 2.75) is 13.8 Å². The number of non-ortho nitro benzene ring substituents is 1. The summed E-state index contributed by atoms with van der Waals surface area (Å²) >= 11 is 0. The molecule has 0 unspecified atom stereocenters. The summed E-state index contributed by atoms with van der Waals surface area (Å²) in [5.41, 5.74) is 3.77. The molecule has 0 aromatic heterocycles. The second-order valence-electron chi connectivity index (χ2n) is 5.09. The molecule has 0 heterocycles. The number of hydrogen-bond acceptors (Lipinski definition) is 7. The topological polar surface area (TPSA) is 131 Å². The van der Waals surface area contributed by atoms with Crippen LogP contribution in [0.15, 0.2) is 35.4 Å². The third kappa shape index (κ3) is 3.64. The molecule has 0 aliphatic carbocycles. The van der Waals surface area contributed by atoms with Crippen molar-refractivity contribution < 1.29 is 15.0 Å². The van der Waals surface area contributed by atoms with Gasteiger partial charge in [0.05, 0.1) is 22.1 Å². The summed E-state index contributed by atoms with van der Waals surface area (Å²) in [5.74, 6) is 0.200. The van der Waals surface area contributed by atoms with Crippen molar-refractivity contribution in [3.05, 3.63) is 67.3 Å². The molecule has 0 atom stereocenters. The molecule has 0 fully saturated rings. The zero-order chi connectivity index (χ0) is 17.9. The Morgan fingerprint density at radius 1 is 1.08 bits per heavy atom. The highest BCUT2D eigenvalue weighted by atomic mass is 16.6. The first-order valence-corrected chi connectivity index (χ1v) is 6.81. The monoisotopic (exact) mass is 330 g/mol. The fourth-order valence-corrected chi connectivity index (χ4v) is 2.12. The number of nitrogens with zero attached hydrogens (tertiary/aromatic N) is 3. The SMILES string of the molecule is Cc1cc(C=NNc2ccc([N+](=O)[O-])cc2[N+](=O)[O-])cc(C)c1O. The molecule has 0 bridgehead atoms. The van der Waals surface area contributed by atoms with Crippen molar-refractivity contribution in [3.63, 3.8) is 0 Å². The molecule has 2 aromatic rings. The Bertz CT molecular complexity index is 825. The number of hydrogen-bond donors (Lipinski definition) is 2. The average molecular weight is 330 g/mol. The van der Waals surface area contributed by atoms with E-state index < -0.39 is 15.5 Å². The van der Waals surface area contributed by atoms with E-state index in [2.05, 4.69) is 10.5 Å². The predicted octanol–water partition coefficient (Wildman–Crippen LogP) is 3.27. The Hall–Kier alpha value is -3.49. The van der Waals surface area contributed by atoms with Gasteiger partial charge in [0.2, 0.25) is 0 Å². The van der Waals surface area contributed by atoms with Crippen LogP contribution in [-0.4, -0.2) is 21.2 Å². The summed E-state index contributed by atoms with van der Waals surface area (Å²) in [6.45, 7) is 3.49. The number of phenols is 1. The van der Waals surface area contributed by atoms with E-state index in [-0.39, 0.29) is 17.1 Å². The van der Waals surface area contributed by atoms with Crippen LogP contribution in [0.25, 0.3) is 0 Å². The maximum Gasteiger partial charge on any atom is 0.301 e. The lowest BCUT2D eigenvalue weighted by Crippen LogP contribution is -1.99. The Morgan fingerprint density at radius 2 is 1.71 bits per heavy atom. The lowest BCUT2D eigenvalue weighted by atomic mass is 10.1. The first-order chi connectivity index (χ1) is 11.3. The van der Waals surface area contributed by atoms with Crippen molar-refractivity contribution in [1.29, 1.82) is 0 Å². The van der Waals surface area contributed by atoms with Crippen LogP contribution in [0, 0.1) is 34.1 Å². The van der Waals surface area contributed by atoms with Crippen LogP contribution in [-0.2, 0) is 0 Å². The Balaban J connectivity index is 2.25. The predicted molar refractivity (Wildman–Crippen MR) is 88.5 cm³/mol. The van der Waals surface area contributed by atoms with Crippen molar-refractivity contribution in [1.82, 2.24) is 0 Å². The van der Waals surface area contributed by atoms with Gasteiger partial charge in [0.1, 0.15) is 11.4 Å². The Morgan fingerprint density at radius 3 is 2.25 bits per heavy atom. The van der Waals surface area contributed by atoms with E-state index in [4.69, 9.17) is 0 Å². The highest BCUT2D eigenvalue weighted by molar-refractivity contribution is 5.82. The highest BCUT2D eigenvalue weighted by Gasteiger charge is 2.19. The number of aryl methyl sites for hydroxylation is 2. The van der Waals surface area contributed by atoms with Gasteiger partial charge in [-0.15, -0.1) is 0 Å². The first-order valence-electron chi connectivity index (χ1n) is 6.81. The van der Waals surface area contributed by atoms with E-state index in [1.54, 1.807) is 26.0 Å². The molecule has 9 nitrogen and oxygen atoms in total. The molecular formula is C15H14N4O5. The van der Waals surface area contributed by atoms with Crippen LogP contribution < -0.4 is 5.43 Å². The van der Waals surface area contributed by atoms with Crippen molar-refractivity contribution >= 4 is 23.3 Å². The summed E-state index contributed by atoms with van der Waals surface area (Å²) in [4.78, 5) is 20.3. The standard InChI is InChI=1S/C15H14N4O5/c1-9-5-11(6-10(2)15(9)20)8-16-17-13-4-3-12(18(21)22)7-14(13)19(23)24/h3-8,17,20H,1-2H3. The normalized spacial score (nSPS) is 10.8. The molecule has 0 saturated carbocycles. The van der Waals surface area contributed by atoms with E-state index >= 15 is 0 Å². The molecule has 0 amide bonds. The third-order valence-corrected chi connectivity index (χ3v) is 3.30. The maximum absolute atomic E-state index is 11.0. The lowest BCUT2D eigenvalue weighted by molar-refractivity contribution is -0.393. The molecule has 9 heteroatoms. The number of nitrogens with one attached hydrogen (secondary N) is 1. The largest absolute Gasteiger partial charge is 0.507 e. The lowest BCUT2D eigenvalue weighted by Gasteiger charge is -2.05. The zero-order valence-corrected chi connectivity index (χ0v) is 12.9. The van der Waals surface area contributed by atoms with Crippen molar-refractivity contribution in [2.24, 2.45) is 5.10 Å². The molecule has 0 saturated heterocycles. The molecule has 2 aromatic carbocycles. The summed E-state index contributed by atoms with van der Waals surface area (Å²) in [5, 5.41) is 35.3. The second kappa shape index (κ2) is 6.73. The number of aromatic hydroxyl groups is 1. The van der Waals surface area contributed by atoms with Gasteiger partial charge in [-0.3, -0.25) is 25.7 Å². The minimum absolute atomic E-state index is 0.0362. The second-order valence-corrected chi connectivity index (χ2v) is 5.09. The summed E-state index contributed by atoms with van der Waals surface area (Å²) < 4.78 is 0. The number of hydrazone groups is 1. The summed E-state index contributed by atoms with van der Waals surface area (Å²) in [7, 11) is 0. The van der Waals surface area contributed by atoms with Gasteiger partial charge in [0, 0.05) is 6.07 Å². The number of nitro groups is 2. The minimum Gasteiger partial charge on any atom is -0.507 e. The van der Waals surface area contributed by atoms with Gasteiger partial charge in [0.15, 0.2) is 0 Å².